The monoisotopic (exact) mass is 542 g/mol. The molecule has 39 heavy (non-hydrogen) atoms. The number of benzene rings is 1. The lowest BCUT2D eigenvalue weighted by Crippen LogP contribution is -2.21. The third-order valence-corrected chi connectivity index (χ3v) is 5.71. The second-order valence-electron chi connectivity index (χ2n) is 8.59. The fourth-order valence-electron chi connectivity index (χ4n) is 4.15. The highest BCUT2D eigenvalue weighted by molar-refractivity contribution is 6.00. The normalized spacial score (nSPS) is 11.9. The molecule has 5 aromatic rings. The average Bonchev–Trinajstić information content (AvgIpc) is 3.45. The van der Waals surface area contributed by atoms with Gasteiger partial charge in [0.15, 0.2) is 28.7 Å². The summed E-state index contributed by atoms with van der Waals surface area (Å²) in [4.78, 5) is 38.6. The molecule has 3 N–H and O–H groups in total. The maximum atomic E-state index is 15.3. The minimum Gasteiger partial charge on any atom is -0.452 e. The number of hydrogen-bond donors (Lipinski definition) is 2. The summed E-state index contributed by atoms with van der Waals surface area (Å²) < 4.78 is 65.0. The highest BCUT2D eigenvalue weighted by Crippen LogP contribution is 2.39. The number of imidazole rings is 1. The van der Waals surface area contributed by atoms with Crippen molar-refractivity contribution in [2.24, 2.45) is 5.73 Å². The predicted octanol–water partition coefficient (Wildman–Crippen LogP) is 4.00. The first kappa shape index (κ1) is 25.6. The van der Waals surface area contributed by atoms with Crippen molar-refractivity contribution in [2.75, 3.05) is 0 Å². The number of nitrogens with one attached hydrogen (secondary N) is 1. The predicted molar refractivity (Wildman–Crippen MR) is 129 cm³/mol. The van der Waals surface area contributed by atoms with Gasteiger partial charge in [0, 0.05) is 23.9 Å². The Labute approximate surface area is 215 Å². The van der Waals surface area contributed by atoms with E-state index in [1.54, 1.807) is 13.8 Å². The Morgan fingerprint density at radius 3 is 2.46 bits per heavy atom. The minimum absolute atomic E-state index is 0.115. The molecule has 11 nitrogen and oxygen atoms in total. The van der Waals surface area contributed by atoms with Crippen LogP contribution in [0, 0.1) is 5.82 Å². The molecule has 0 unspecified atom stereocenters. The lowest BCUT2D eigenvalue weighted by molar-refractivity contribution is -0.143. The topological polar surface area (TPSA) is 147 Å². The number of primary amides is 1. The molecule has 1 amide bonds. The number of nitrogens with two attached hydrogens (primary N) is 1. The van der Waals surface area contributed by atoms with Crippen molar-refractivity contribution < 1.29 is 27.1 Å². The summed E-state index contributed by atoms with van der Waals surface area (Å²) in [5, 5.41) is 3.93. The van der Waals surface area contributed by atoms with E-state index in [0.717, 1.165) is 30.9 Å². The number of rotatable bonds is 6. The second kappa shape index (κ2) is 9.34. The van der Waals surface area contributed by atoms with Crippen LogP contribution in [0.5, 0.6) is 11.5 Å². The molecule has 0 aliphatic carbocycles. The van der Waals surface area contributed by atoms with Gasteiger partial charge in [-0.25, -0.2) is 28.8 Å². The van der Waals surface area contributed by atoms with Gasteiger partial charge in [0.05, 0.1) is 18.0 Å². The first-order valence-electron chi connectivity index (χ1n) is 11.3. The van der Waals surface area contributed by atoms with Crippen molar-refractivity contribution in [1.29, 1.82) is 0 Å². The van der Waals surface area contributed by atoms with Gasteiger partial charge in [-0.15, -0.1) is 0 Å². The van der Waals surface area contributed by atoms with Gasteiger partial charge in [0.25, 0.3) is 5.91 Å². The number of H-pyrrole nitrogens is 1. The van der Waals surface area contributed by atoms with Crippen LogP contribution in [0.4, 0.5) is 17.6 Å². The van der Waals surface area contributed by atoms with Gasteiger partial charge in [-0.05, 0) is 32.0 Å². The van der Waals surface area contributed by atoms with Crippen LogP contribution in [0.1, 0.15) is 35.9 Å². The van der Waals surface area contributed by atoms with E-state index in [0.29, 0.717) is 10.2 Å². The zero-order valence-electron chi connectivity index (χ0n) is 20.2. The smallest absolute Gasteiger partial charge is 0.434 e. The van der Waals surface area contributed by atoms with Gasteiger partial charge in [0.2, 0.25) is 0 Å². The number of hydrogen-bond acceptors (Lipinski definition) is 7. The third-order valence-electron chi connectivity index (χ3n) is 5.71. The van der Waals surface area contributed by atoms with Crippen LogP contribution in [0.3, 0.4) is 0 Å². The van der Waals surface area contributed by atoms with Crippen LogP contribution >= 0.6 is 0 Å². The summed E-state index contributed by atoms with van der Waals surface area (Å²) in [7, 11) is 0. The fraction of sp³-hybridized carbons (Fsp3) is 0.167. The van der Waals surface area contributed by atoms with E-state index in [1.165, 1.54) is 22.9 Å². The number of pyridine rings is 1. The summed E-state index contributed by atoms with van der Waals surface area (Å²) in [6.07, 6.45) is -0.456. The van der Waals surface area contributed by atoms with E-state index < -0.39 is 40.5 Å². The molecule has 0 bridgehead atoms. The first-order chi connectivity index (χ1) is 18.5. The fourth-order valence-corrected chi connectivity index (χ4v) is 4.15. The van der Waals surface area contributed by atoms with E-state index in [2.05, 4.69) is 25.0 Å². The Morgan fingerprint density at radius 2 is 1.85 bits per heavy atom. The Hall–Kier alpha value is -5.08. The maximum absolute atomic E-state index is 15.3. The maximum Gasteiger partial charge on any atom is 0.434 e. The van der Waals surface area contributed by atoms with Crippen LogP contribution < -0.4 is 16.2 Å². The van der Waals surface area contributed by atoms with Crippen LogP contribution in [0.15, 0.2) is 54.0 Å². The molecule has 4 aromatic heterocycles. The molecule has 0 fully saturated rings. The van der Waals surface area contributed by atoms with E-state index in [4.69, 9.17) is 10.5 Å². The molecule has 1 aromatic carbocycles. The number of nitrogens with zero attached hydrogens (tertiary/aromatic N) is 6. The van der Waals surface area contributed by atoms with Gasteiger partial charge in [-0.1, -0.05) is 0 Å². The number of carbonyl (C=O) groups excluding carboxylic acids is 1. The zero-order valence-corrected chi connectivity index (χ0v) is 20.2. The van der Waals surface area contributed by atoms with Gasteiger partial charge in [-0.2, -0.15) is 18.3 Å². The summed E-state index contributed by atoms with van der Waals surface area (Å²) in [5.41, 5.74) is 2.14. The molecule has 15 heteroatoms. The van der Waals surface area contributed by atoms with Crippen LogP contribution in [-0.4, -0.2) is 40.2 Å². The van der Waals surface area contributed by atoms with Crippen molar-refractivity contribution in [3.63, 3.8) is 0 Å². The van der Waals surface area contributed by atoms with E-state index in [-0.39, 0.29) is 34.4 Å². The SMILES string of the molecule is CC(C)n1c(=O)[nH]c2nccc(Oc3ccc(-c4nn(-c5cncnc5)c(C(F)(F)F)c4C(N)=O)cc3F)c21. The number of aromatic nitrogens is 7. The van der Waals surface area contributed by atoms with Crippen molar-refractivity contribution in [1.82, 2.24) is 34.3 Å². The van der Waals surface area contributed by atoms with Crippen molar-refractivity contribution in [3.8, 4) is 28.4 Å². The molecule has 0 saturated heterocycles. The van der Waals surface area contributed by atoms with E-state index >= 15 is 4.39 Å². The Morgan fingerprint density at radius 1 is 1.13 bits per heavy atom. The number of carbonyl (C=O) groups is 1. The van der Waals surface area contributed by atoms with Crippen LogP contribution in [0.2, 0.25) is 0 Å². The molecule has 200 valence electrons. The number of ether oxygens (including phenoxy) is 1. The van der Waals surface area contributed by atoms with E-state index in [1.807, 2.05) is 0 Å². The molecule has 0 aliphatic rings. The lowest BCUT2D eigenvalue weighted by Gasteiger charge is -2.12. The molecule has 0 radical (unpaired) electrons. The van der Waals surface area contributed by atoms with Crippen LogP contribution in [-0.2, 0) is 6.18 Å². The summed E-state index contributed by atoms with van der Waals surface area (Å²) in [6.45, 7) is 3.54. The third kappa shape index (κ3) is 4.47. The Bertz CT molecular complexity index is 1770. The summed E-state index contributed by atoms with van der Waals surface area (Å²) in [5.74, 6) is -2.58. The van der Waals surface area contributed by atoms with Crippen LogP contribution in [0.25, 0.3) is 28.1 Å². The summed E-state index contributed by atoms with van der Waals surface area (Å²) in [6, 6.07) is 4.41. The molecule has 5 rings (SSSR count). The van der Waals surface area contributed by atoms with Gasteiger partial charge < -0.3 is 10.5 Å². The second-order valence-corrected chi connectivity index (χ2v) is 8.59. The number of amides is 1. The number of aromatic amines is 1. The molecule has 0 saturated carbocycles. The minimum atomic E-state index is -5.05. The number of halogens is 4. The largest absolute Gasteiger partial charge is 0.452 e. The standard InChI is InChI=1S/C24H18F4N8O3/c1-11(2)35-19-16(5-6-32-22(19)33-23(35)38)39-15-4-3-12(7-14(15)25)18-17(21(29)37)20(24(26,27)28)36(34-18)13-8-30-10-31-9-13/h3-11H,1-2H3,(H2,29,37)(H,32,33,38). The van der Waals surface area contributed by atoms with Gasteiger partial charge >= 0.3 is 11.9 Å². The summed E-state index contributed by atoms with van der Waals surface area (Å²) >= 11 is 0. The highest BCUT2D eigenvalue weighted by Gasteiger charge is 2.42. The first-order valence-corrected chi connectivity index (χ1v) is 11.3. The molecular weight excluding hydrogens is 524 g/mol. The molecule has 0 aliphatic heterocycles. The van der Waals surface area contributed by atoms with Crippen molar-refractivity contribution in [3.05, 3.63) is 76.7 Å². The molecule has 0 atom stereocenters. The quantitative estimate of drug-likeness (QED) is 0.308. The lowest BCUT2D eigenvalue weighted by atomic mass is 10.0. The highest BCUT2D eigenvalue weighted by atomic mass is 19.4. The Balaban J connectivity index is 1.62. The Kier molecular flexibility index (Phi) is 6.12. The van der Waals surface area contributed by atoms with Crippen molar-refractivity contribution >= 4 is 17.1 Å². The van der Waals surface area contributed by atoms with Gasteiger partial charge in [-0.3, -0.25) is 14.3 Å². The molecular formula is C24H18F4N8O3. The molecule has 0 spiro atoms. The zero-order chi connectivity index (χ0) is 28.1. The number of fused-ring (bicyclic) bond motifs is 1. The van der Waals surface area contributed by atoms with Crippen molar-refractivity contribution in [2.45, 2.75) is 26.1 Å². The van der Waals surface area contributed by atoms with Gasteiger partial charge in [0.1, 0.15) is 23.2 Å². The number of alkyl halides is 3. The van der Waals surface area contributed by atoms with E-state index in [9.17, 15) is 22.8 Å². The average molecular weight is 542 g/mol. The molecule has 4 heterocycles.